The summed E-state index contributed by atoms with van der Waals surface area (Å²) in [6.45, 7) is 6.67. The Balaban J connectivity index is 2.77. The molecule has 0 saturated heterocycles. The summed E-state index contributed by atoms with van der Waals surface area (Å²) in [4.78, 5) is 5.63. The average Bonchev–Trinajstić information content (AvgIpc) is 2.47. The van der Waals surface area contributed by atoms with Crippen LogP contribution in [0.1, 0.15) is 42.8 Å². The molecule has 0 spiro atoms. The van der Waals surface area contributed by atoms with Crippen molar-refractivity contribution in [3.63, 3.8) is 0 Å². The van der Waals surface area contributed by atoms with Crippen molar-refractivity contribution >= 4 is 11.3 Å². The fraction of sp³-hybridized carbons (Fsp3) is 0.727. The van der Waals surface area contributed by atoms with E-state index in [1.165, 1.54) is 5.01 Å². The van der Waals surface area contributed by atoms with Gasteiger partial charge in [0.15, 0.2) is 0 Å². The maximum Gasteiger partial charge on any atom is 0.0934 e. The zero-order valence-corrected chi connectivity index (χ0v) is 10.0. The van der Waals surface area contributed by atoms with Crippen LogP contribution in [0.5, 0.6) is 0 Å². The van der Waals surface area contributed by atoms with Crippen molar-refractivity contribution in [2.24, 2.45) is 5.92 Å². The molecule has 1 N–H and O–H groups in total. The first-order valence-electron chi connectivity index (χ1n) is 5.25. The van der Waals surface area contributed by atoms with Crippen molar-refractivity contribution in [3.05, 3.63) is 15.6 Å². The molecule has 0 radical (unpaired) electrons. The lowest BCUT2D eigenvalue weighted by molar-refractivity contribution is 0.284. The van der Waals surface area contributed by atoms with E-state index in [1.807, 2.05) is 0 Å². The minimum absolute atomic E-state index is 0.144. The number of thiazole rings is 1. The lowest BCUT2D eigenvalue weighted by Gasteiger charge is -1.98. The molecule has 14 heavy (non-hydrogen) atoms. The molecule has 0 aliphatic carbocycles. The van der Waals surface area contributed by atoms with Crippen molar-refractivity contribution in [1.82, 2.24) is 4.98 Å². The third-order valence-electron chi connectivity index (χ3n) is 2.04. The van der Waals surface area contributed by atoms with Crippen LogP contribution in [-0.2, 0) is 19.4 Å². The maximum absolute atomic E-state index is 9.16. The summed E-state index contributed by atoms with van der Waals surface area (Å²) in [5, 5.41) is 10.3. The second-order valence-corrected chi connectivity index (χ2v) is 5.15. The Morgan fingerprint density at radius 2 is 2.14 bits per heavy atom. The van der Waals surface area contributed by atoms with Gasteiger partial charge in [0.05, 0.1) is 22.2 Å². The molecule has 0 atom stereocenters. The number of nitrogens with zero attached hydrogens (tertiary/aromatic N) is 1. The normalized spacial score (nSPS) is 11.2. The van der Waals surface area contributed by atoms with Crippen LogP contribution >= 0.6 is 11.3 Å². The predicted molar refractivity (Wildman–Crippen MR) is 60.6 cm³/mol. The van der Waals surface area contributed by atoms with Gasteiger partial charge >= 0.3 is 0 Å². The van der Waals surface area contributed by atoms with Crippen molar-refractivity contribution in [2.75, 3.05) is 0 Å². The third-order valence-corrected chi connectivity index (χ3v) is 3.14. The number of rotatable bonds is 5. The third kappa shape index (κ3) is 3.07. The second kappa shape index (κ2) is 5.47. The highest BCUT2D eigenvalue weighted by atomic mass is 32.1. The zero-order chi connectivity index (χ0) is 10.6. The Hall–Kier alpha value is -0.410. The van der Waals surface area contributed by atoms with Crippen LogP contribution in [0.2, 0.25) is 0 Å². The standard InChI is InChI=1S/C11H19NOS/c1-4-5-9-10(7-13)14-11(12-9)6-8(2)3/h8,13H,4-7H2,1-3H3. The van der Waals surface area contributed by atoms with Crippen LogP contribution in [0.25, 0.3) is 0 Å². The molecular weight excluding hydrogens is 194 g/mol. The van der Waals surface area contributed by atoms with E-state index < -0.39 is 0 Å². The molecule has 0 unspecified atom stereocenters. The van der Waals surface area contributed by atoms with E-state index in [9.17, 15) is 0 Å². The van der Waals surface area contributed by atoms with Gasteiger partial charge in [-0.2, -0.15) is 0 Å². The average molecular weight is 213 g/mol. The van der Waals surface area contributed by atoms with E-state index in [0.29, 0.717) is 5.92 Å². The molecule has 0 fully saturated rings. The van der Waals surface area contributed by atoms with Crippen LogP contribution < -0.4 is 0 Å². The van der Waals surface area contributed by atoms with Gasteiger partial charge < -0.3 is 5.11 Å². The number of aryl methyl sites for hydroxylation is 1. The summed E-state index contributed by atoms with van der Waals surface area (Å²) >= 11 is 1.67. The Labute approximate surface area is 90.0 Å². The van der Waals surface area contributed by atoms with Gasteiger partial charge in [-0.25, -0.2) is 4.98 Å². The van der Waals surface area contributed by atoms with E-state index >= 15 is 0 Å². The first kappa shape index (κ1) is 11.7. The molecule has 0 saturated carbocycles. The predicted octanol–water partition coefficient (Wildman–Crippen LogP) is 2.79. The Kier molecular flexibility index (Phi) is 4.55. The number of aliphatic hydroxyl groups is 1. The highest BCUT2D eigenvalue weighted by Crippen LogP contribution is 2.22. The molecular formula is C11H19NOS. The zero-order valence-electron chi connectivity index (χ0n) is 9.21. The molecule has 80 valence electrons. The van der Waals surface area contributed by atoms with Crippen molar-refractivity contribution in [2.45, 2.75) is 46.6 Å². The lowest BCUT2D eigenvalue weighted by Crippen LogP contribution is -1.94. The lowest BCUT2D eigenvalue weighted by atomic mass is 10.1. The summed E-state index contributed by atoms with van der Waals surface area (Å²) in [5.74, 6) is 0.641. The fourth-order valence-corrected chi connectivity index (χ4v) is 2.62. The monoisotopic (exact) mass is 213 g/mol. The molecule has 0 aliphatic heterocycles. The Bertz CT molecular complexity index is 281. The van der Waals surface area contributed by atoms with Gasteiger partial charge in [0.25, 0.3) is 0 Å². The molecule has 0 aliphatic rings. The van der Waals surface area contributed by atoms with Crippen LogP contribution in [-0.4, -0.2) is 10.1 Å². The van der Waals surface area contributed by atoms with Gasteiger partial charge in [0.2, 0.25) is 0 Å². The highest BCUT2D eigenvalue weighted by molar-refractivity contribution is 7.11. The van der Waals surface area contributed by atoms with E-state index in [-0.39, 0.29) is 6.61 Å². The van der Waals surface area contributed by atoms with Gasteiger partial charge in [-0.3, -0.25) is 0 Å². The van der Waals surface area contributed by atoms with Crippen LogP contribution in [0.3, 0.4) is 0 Å². The van der Waals surface area contributed by atoms with Crippen LogP contribution in [0.15, 0.2) is 0 Å². The molecule has 1 aromatic rings. The molecule has 0 amide bonds. The minimum Gasteiger partial charge on any atom is -0.391 e. The van der Waals surface area contributed by atoms with Gasteiger partial charge in [-0.05, 0) is 12.3 Å². The Morgan fingerprint density at radius 3 is 2.64 bits per heavy atom. The van der Waals surface area contributed by atoms with Crippen LogP contribution in [0.4, 0.5) is 0 Å². The SMILES string of the molecule is CCCc1nc(CC(C)C)sc1CO. The molecule has 0 bridgehead atoms. The molecule has 3 heteroatoms. The van der Waals surface area contributed by atoms with Gasteiger partial charge in [-0.15, -0.1) is 11.3 Å². The first-order chi connectivity index (χ1) is 6.67. The van der Waals surface area contributed by atoms with Crippen molar-refractivity contribution in [1.29, 1.82) is 0 Å². The largest absolute Gasteiger partial charge is 0.391 e. The van der Waals surface area contributed by atoms with E-state index in [2.05, 4.69) is 25.8 Å². The summed E-state index contributed by atoms with van der Waals surface area (Å²) in [6.07, 6.45) is 3.11. The van der Waals surface area contributed by atoms with Gasteiger partial charge in [0.1, 0.15) is 0 Å². The van der Waals surface area contributed by atoms with Crippen molar-refractivity contribution < 1.29 is 5.11 Å². The smallest absolute Gasteiger partial charge is 0.0934 e. The van der Waals surface area contributed by atoms with Gasteiger partial charge in [0, 0.05) is 6.42 Å². The quantitative estimate of drug-likeness (QED) is 0.816. The minimum atomic E-state index is 0.144. The molecule has 1 aromatic heterocycles. The van der Waals surface area contributed by atoms with Crippen LogP contribution in [0, 0.1) is 5.92 Å². The van der Waals surface area contributed by atoms with E-state index in [1.54, 1.807) is 11.3 Å². The fourth-order valence-electron chi connectivity index (χ4n) is 1.43. The summed E-state index contributed by atoms with van der Waals surface area (Å²) in [7, 11) is 0. The van der Waals surface area contributed by atoms with Crippen molar-refractivity contribution in [3.8, 4) is 0 Å². The van der Waals surface area contributed by atoms with E-state index in [0.717, 1.165) is 29.8 Å². The number of aliphatic hydroxyl groups excluding tert-OH is 1. The molecule has 2 nitrogen and oxygen atoms in total. The first-order valence-corrected chi connectivity index (χ1v) is 6.07. The highest BCUT2D eigenvalue weighted by Gasteiger charge is 2.10. The second-order valence-electron chi connectivity index (χ2n) is 3.98. The maximum atomic E-state index is 9.16. The summed E-state index contributed by atoms with van der Waals surface area (Å²) < 4.78 is 0. The Morgan fingerprint density at radius 1 is 1.43 bits per heavy atom. The molecule has 0 aromatic carbocycles. The molecule has 1 rings (SSSR count). The number of aromatic nitrogens is 1. The number of hydrogen-bond donors (Lipinski definition) is 1. The number of hydrogen-bond acceptors (Lipinski definition) is 3. The van der Waals surface area contributed by atoms with Gasteiger partial charge in [-0.1, -0.05) is 27.2 Å². The molecule has 1 heterocycles. The summed E-state index contributed by atoms with van der Waals surface area (Å²) in [5.41, 5.74) is 1.11. The topological polar surface area (TPSA) is 33.1 Å². The van der Waals surface area contributed by atoms with E-state index in [4.69, 9.17) is 5.11 Å². The summed E-state index contributed by atoms with van der Waals surface area (Å²) in [6, 6.07) is 0.